The van der Waals surface area contributed by atoms with Crippen molar-refractivity contribution in [1.82, 2.24) is 9.80 Å². The normalized spacial score (nSPS) is 21.1. The molecule has 2 nitrogen and oxygen atoms in total. The van der Waals surface area contributed by atoms with Gasteiger partial charge in [0.1, 0.15) is 0 Å². The smallest absolute Gasteiger partial charge is 0.0409 e. The Balaban J connectivity index is 1.47. The zero-order chi connectivity index (χ0) is 17.9. The summed E-state index contributed by atoms with van der Waals surface area (Å²) in [6.45, 7) is 5.98. The SMILES string of the molecule is CN1CCN(CCS[C@@H]2Cc3cc(Cl)ccc3Sc3ccccc32)CC1. The van der Waals surface area contributed by atoms with E-state index < -0.39 is 0 Å². The molecule has 2 aliphatic rings. The molecule has 0 radical (unpaired) electrons. The van der Waals surface area contributed by atoms with Gasteiger partial charge in [0, 0.05) is 58.5 Å². The Bertz CT molecular complexity index is 759. The van der Waals surface area contributed by atoms with Gasteiger partial charge in [-0.2, -0.15) is 11.8 Å². The number of halogens is 1. The van der Waals surface area contributed by atoms with Gasteiger partial charge in [-0.3, -0.25) is 4.90 Å². The summed E-state index contributed by atoms with van der Waals surface area (Å²) in [5.41, 5.74) is 2.86. The summed E-state index contributed by atoms with van der Waals surface area (Å²) < 4.78 is 0. The highest BCUT2D eigenvalue weighted by atomic mass is 35.5. The average molecular weight is 405 g/mol. The molecule has 0 saturated carbocycles. The highest BCUT2D eigenvalue weighted by molar-refractivity contribution is 8.00. The molecule has 5 heteroatoms. The van der Waals surface area contributed by atoms with Crippen LogP contribution in [-0.4, -0.2) is 55.3 Å². The van der Waals surface area contributed by atoms with Crippen molar-refractivity contribution in [1.29, 1.82) is 0 Å². The number of nitrogens with zero attached hydrogens (tertiary/aromatic N) is 2. The fraction of sp³-hybridized carbons (Fsp3) is 0.429. The van der Waals surface area contributed by atoms with Crippen molar-refractivity contribution in [2.75, 3.05) is 45.5 Å². The number of piperazine rings is 1. The van der Waals surface area contributed by atoms with Gasteiger partial charge in [0.15, 0.2) is 0 Å². The van der Waals surface area contributed by atoms with Gasteiger partial charge in [-0.25, -0.2) is 0 Å². The molecule has 2 aromatic rings. The van der Waals surface area contributed by atoms with Gasteiger partial charge in [0.25, 0.3) is 0 Å². The fourth-order valence-electron chi connectivity index (χ4n) is 3.62. The number of likely N-dealkylation sites (N-methyl/N-ethyl adjacent to an activating group) is 1. The maximum absolute atomic E-state index is 6.28. The van der Waals surface area contributed by atoms with Crippen molar-refractivity contribution in [3.05, 3.63) is 58.6 Å². The van der Waals surface area contributed by atoms with E-state index in [1.807, 2.05) is 17.8 Å². The molecule has 0 aromatic heterocycles. The molecule has 138 valence electrons. The predicted molar refractivity (Wildman–Crippen MR) is 115 cm³/mol. The molecule has 0 unspecified atom stereocenters. The number of hydrogen-bond acceptors (Lipinski definition) is 4. The number of rotatable bonds is 4. The van der Waals surface area contributed by atoms with Crippen LogP contribution >= 0.6 is 35.1 Å². The van der Waals surface area contributed by atoms with Gasteiger partial charge in [-0.15, -0.1) is 0 Å². The molecule has 0 N–H and O–H groups in total. The van der Waals surface area contributed by atoms with Crippen molar-refractivity contribution >= 4 is 35.1 Å². The second-order valence-corrected chi connectivity index (χ2v) is 9.93. The first-order chi connectivity index (χ1) is 12.7. The minimum atomic E-state index is 0.505. The van der Waals surface area contributed by atoms with Gasteiger partial charge in [-0.05, 0) is 48.9 Å². The van der Waals surface area contributed by atoms with Gasteiger partial charge >= 0.3 is 0 Å². The Hall–Kier alpha value is -0.650. The molecule has 1 atom stereocenters. The molecule has 0 spiro atoms. The Morgan fingerprint density at radius 1 is 1.08 bits per heavy atom. The number of hydrogen-bond donors (Lipinski definition) is 0. The van der Waals surface area contributed by atoms with E-state index in [1.54, 1.807) is 0 Å². The van der Waals surface area contributed by atoms with E-state index in [9.17, 15) is 0 Å². The van der Waals surface area contributed by atoms with Crippen molar-refractivity contribution in [2.24, 2.45) is 0 Å². The van der Waals surface area contributed by atoms with Crippen LogP contribution in [0.1, 0.15) is 16.4 Å². The van der Waals surface area contributed by atoms with Crippen molar-refractivity contribution in [2.45, 2.75) is 21.5 Å². The number of benzene rings is 2. The second-order valence-electron chi connectivity index (χ2n) is 7.10. The molecular weight excluding hydrogens is 380 g/mol. The van der Waals surface area contributed by atoms with Crippen molar-refractivity contribution < 1.29 is 0 Å². The highest BCUT2D eigenvalue weighted by Gasteiger charge is 2.23. The fourth-order valence-corrected chi connectivity index (χ4v) is 6.34. The van der Waals surface area contributed by atoms with Gasteiger partial charge in [0.2, 0.25) is 0 Å². The van der Waals surface area contributed by atoms with Crippen LogP contribution < -0.4 is 0 Å². The van der Waals surface area contributed by atoms with E-state index in [2.05, 4.69) is 65.0 Å². The topological polar surface area (TPSA) is 6.48 Å². The van der Waals surface area contributed by atoms with Crippen molar-refractivity contribution in [3.8, 4) is 0 Å². The molecule has 26 heavy (non-hydrogen) atoms. The molecule has 2 aliphatic heterocycles. The zero-order valence-electron chi connectivity index (χ0n) is 15.2. The number of fused-ring (bicyclic) bond motifs is 2. The first kappa shape index (κ1) is 18.7. The van der Waals surface area contributed by atoms with Crippen molar-refractivity contribution in [3.63, 3.8) is 0 Å². The van der Waals surface area contributed by atoms with E-state index in [0.717, 1.165) is 11.4 Å². The Morgan fingerprint density at radius 3 is 2.73 bits per heavy atom. The van der Waals surface area contributed by atoms with Crippen LogP contribution in [0.5, 0.6) is 0 Å². The monoisotopic (exact) mass is 404 g/mol. The zero-order valence-corrected chi connectivity index (χ0v) is 17.5. The molecule has 0 amide bonds. The summed E-state index contributed by atoms with van der Waals surface area (Å²) in [5, 5.41) is 1.35. The second kappa shape index (κ2) is 8.57. The summed E-state index contributed by atoms with van der Waals surface area (Å²) in [4.78, 5) is 7.77. The highest BCUT2D eigenvalue weighted by Crippen LogP contribution is 2.46. The summed E-state index contributed by atoms with van der Waals surface area (Å²) >= 11 is 10.3. The minimum absolute atomic E-state index is 0.505. The molecular formula is C21H25ClN2S2. The third-order valence-corrected chi connectivity index (χ3v) is 7.92. The van der Waals surface area contributed by atoms with Crippen LogP contribution in [0.25, 0.3) is 0 Å². The lowest BCUT2D eigenvalue weighted by Gasteiger charge is -2.32. The molecule has 1 fully saturated rings. The third-order valence-electron chi connectivity index (χ3n) is 5.24. The predicted octanol–water partition coefficient (Wildman–Crippen LogP) is 5.07. The van der Waals surface area contributed by atoms with Gasteiger partial charge in [0.05, 0.1) is 0 Å². The average Bonchev–Trinajstić information content (AvgIpc) is 2.80. The van der Waals surface area contributed by atoms with Gasteiger partial charge in [-0.1, -0.05) is 41.6 Å². The maximum Gasteiger partial charge on any atom is 0.0409 e. The largest absolute Gasteiger partial charge is 0.304 e. The summed E-state index contributed by atoms with van der Waals surface area (Å²) in [6, 6.07) is 15.2. The Labute approximate surface area is 170 Å². The van der Waals surface area contributed by atoms with E-state index in [1.165, 1.54) is 59.4 Å². The van der Waals surface area contributed by atoms with Crippen LogP contribution in [0.2, 0.25) is 5.02 Å². The molecule has 4 rings (SSSR count). The van der Waals surface area contributed by atoms with Crippen LogP contribution in [0.4, 0.5) is 0 Å². The lowest BCUT2D eigenvalue weighted by Crippen LogP contribution is -2.45. The third kappa shape index (κ3) is 4.42. The minimum Gasteiger partial charge on any atom is -0.304 e. The van der Waals surface area contributed by atoms with Crippen LogP contribution in [0.3, 0.4) is 0 Å². The first-order valence-electron chi connectivity index (χ1n) is 9.27. The van der Waals surface area contributed by atoms with E-state index in [4.69, 9.17) is 11.6 Å². The summed E-state index contributed by atoms with van der Waals surface area (Å²) in [7, 11) is 2.22. The molecule has 0 bridgehead atoms. The van der Waals surface area contributed by atoms with E-state index in [-0.39, 0.29) is 0 Å². The van der Waals surface area contributed by atoms with E-state index >= 15 is 0 Å². The van der Waals surface area contributed by atoms with E-state index in [0.29, 0.717) is 5.25 Å². The maximum atomic E-state index is 6.28. The Kier molecular flexibility index (Phi) is 6.17. The molecule has 0 aliphatic carbocycles. The van der Waals surface area contributed by atoms with Crippen LogP contribution in [0, 0.1) is 0 Å². The van der Waals surface area contributed by atoms with Gasteiger partial charge < -0.3 is 4.90 Å². The lowest BCUT2D eigenvalue weighted by molar-refractivity contribution is 0.161. The molecule has 2 aromatic carbocycles. The summed E-state index contributed by atoms with van der Waals surface area (Å²) in [6.07, 6.45) is 1.06. The Morgan fingerprint density at radius 2 is 1.88 bits per heavy atom. The molecule has 1 saturated heterocycles. The standard InChI is InChI=1S/C21H25ClN2S2/c1-23-8-10-24(11-9-23)12-13-25-21-15-16-14-17(22)6-7-19(16)26-20-5-3-2-4-18(20)21/h2-7,14,21H,8-13,15H2,1H3/t21-/m1/s1. The van der Waals surface area contributed by atoms with Crippen LogP contribution in [-0.2, 0) is 6.42 Å². The first-order valence-corrected chi connectivity index (χ1v) is 11.5. The molecule has 2 heterocycles. The number of thioether (sulfide) groups is 1. The summed E-state index contributed by atoms with van der Waals surface area (Å²) in [5.74, 6) is 1.18. The lowest BCUT2D eigenvalue weighted by atomic mass is 10.0. The quantitative estimate of drug-likeness (QED) is 0.701. The van der Waals surface area contributed by atoms with Crippen LogP contribution in [0.15, 0.2) is 52.3 Å².